The Balaban J connectivity index is 0.000000155. The molecule has 8 nitrogen and oxygen atoms in total. The van der Waals surface area contributed by atoms with E-state index in [9.17, 15) is 19.2 Å². The van der Waals surface area contributed by atoms with Crippen LogP contribution in [0.3, 0.4) is 0 Å². The number of Topliss-reactive ketones (excluding diaryl/α,β-unsaturated/α-hetero) is 2. The molecule has 0 spiro atoms. The molecule has 0 aliphatic rings. The Labute approximate surface area is 271 Å². The Morgan fingerprint density at radius 1 is 0.511 bits per heavy atom. The molecule has 0 fully saturated rings. The number of H-pyrrole nitrogens is 2. The Morgan fingerprint density at radius 3 is 1.07 bits per heavy atom. The van der Waals surface area contributed by atoms with Crippen LogP contribution < -0.4 is 18.3 Å². The van der Waals surface area contributed by atoms with Crippen molar-refractivity contribution < 1.29 is 9.59 Å². The number of rotatable bonds is 6. The van der Waals surface area contributed by atoms with Crippen molar-refractivity contribution in [1.29, 1.82) is 0 Å². The molecule has 6 aromatic rings. The summed E-state index contributed by atoms with van der Waals surface area (Å²) in [6.45, 7) is 6.23. The van der Waals surface area contributed by atoms with Gasteiger partial charge in [0.1, 0.15) is 11.1 Å². The number of para-hydroxylation sites is 2. The normalized spacial score (nSPS) is 10.2. The third-order valence-electron chi connectivity index (χ3n) is 6.71. The van der Waals surface area contributed by atoms with Gasteiger partial charge >= 0.3 is 89.0 Å². The van der Waals surface area contributed by atoms with E-state index >= 15 is 0 Å². The van der Waals surface area contributed by atoms with Crippen LogP contribution in [0.1, 0.15) is 46.0 Å². The molecular weight excluding hydrogens is 671 g/mol. The summed E-state index contributed by atoms with van der Waals surface area (Å²) in [6, 6.07) is 39.9. The van der Waals surface area contributed by atoms with Crippen LogP contribution in [0, 0.1) is 13.8 Å². The molecule has 2 aromatic heterocycles. The van der Waals surface area contributed by atoms with Crippen molar-refractivity contribution in [2.24, 2.45) is 0 Å². The number of aryl methyl sites for hydroxylation is 2. The fraction of sp³-hybridized carbons (Fsp3) is 0.111. The van der Waals surface area contributed by atoms with Crippen molar-refractivity contribution in [3.8, 4) is 11.4 Å². The SMILES string of the molecule is CC(=O)c1c(C)[nH]n(-c2ccccc2)c1=O.CC(=O)c1c(C)[nH]n(-c2ccccc2)c1=O.c1cc[c]([Sn][c]2ccccc2)cc1. The van der Waals surface area contributed by atoms with Gasteiger partial charge in [0.15, 0.2) is 11.6 Å². The first kappa shape index (κ1) is 32.9. The van der Waals surface area contributed by atoms with E-state index in [0.29, 0.717) is 11.4 Å². The van der Waals surface area contributed by atoms with Gasteiger partial charge in [0, 0.05) is 11.4 Å². The van der Waals surface area contributed by atoms with Crippen LogP contribution in [0.5, 0.6) is 0 Å². The van der Waals surface area contributed by atoms with Crippen molar-refractivity contribution >= 4 is 39.9 Å². The van der Waals surface area contributed by atoms with Gasteiger partial charge in [-0.1, -0.05) is 36.4 Å². The van der Waals surface area contributed by atoms with Crippen LogP contribution in [-0.2, 0) is 0 Å². The molecule has 9 heteroatoms. The number of nitrogens with zero attached hydrogens (tertiary/aromatic N) is 2. The molecule has 0 unspecified atom stereocenters. The van der Waals surface area contributed by atoms with Crippen LogP contribution >= 0.6 is 0 Å². The summed E-state index contributed by atoms with van der Waals surface area (Å²) in [6.07, 6.45) is 0. The average molecular weight is 705 g/mol. The first-order valence-corrected chi connectivity index (χ1v) is 17.2. The van der Waals surface area contributed by atoms with Gasteiger partial charge in [-0.15, -0.1) is 0 Å². The van der Waals surface area contributed by atoms with Gasteiger partial charge in [0.25, 0.3) is 11.1 Å². The monoisotopic (exact) mass is 706 g/mol. The fourth-order valence-corrected chi connectivity index (χ4v) is 7.65. The second-order valence-corrected chi connectivity index (χ2v) is 14.2. The van der Waals surface area contributed by atoms with Gasteiger partial charge in [-0.05, 0) is 52.0 Å². The van der Waals surface area contributed by atoms with E-state index in [2.05, 4.69) is 70.9 Å². The molecule has 226 valence electrons. The number of hydrogen-bond donors (Lipinski definition) is 2. The van der Waals surface area contributed by atoms with E-state index in [1.54, 1.807) is 38.1 Å². The number of aromatic amines is 2. The zero-order valence-electron chi connectivity index (χ0n) is 25.6. The standard InChI is InChI=1S/2C12H12N2O2.2C6H5.Sn/c2*1-8-11(9(2)15)12(16)14(13-8)10-6-4-3-5-7-10;2*1-2-4-6-5-3-1;/h2*3-7,13H,1-2H3;2*1-5H;. The van der Waals surface area contributed by atoms with Crippen LogP contribution in [-0.4, -0.2) is 52.3 Å². The average Bonchev–Trinajstić information content (AvgIpc) is 3.53. The van der Waals surface area contributed by atoms with Crippen LogP contribution in [0.25, 0.3) is 11.4 Å². The molecule has 0 aliphatic carbocycles. The predicted octanol–water partition coefficient (Wildman–Crippen LogP) is 4.69. The van der Waals surface area contributed by atoms with Gasteiger partial charge in [0.05, 0.1) is 11.4 Å². The summed E-state index contributed by atoms with van der Waals surface area (Å²) in [4.78, 5) is 46.5. The second kappa shape index (κ2) is 15.7. The van der Waals surface area contributed by atoms with E-state index in [0.717, 1.165) is 11.4 Å². The van der Waals surface area contributed by atoms with Crippen molar-refractivity contribution in [2.45, 2.75) is 27.7 Å². The molecule has 0 saturated heterocycles. The summed E-state index contributed by atoms with van der Waals surface area (Å²) in [5.74, 6) is -0.429. The zero-order chi connectivity index (χ0) is 32.3. The van der Waals surface area contributed by atoms with Gasteiger partial charge in [0.2, 0.25) is 0 Å². The fourth-order valence-electron chi connectivity index (χ4n) is 4.65. The van der Waals surface area contributed by atoms with E-state index in [1.165, 1.54) is 30.4 Å². The number of aromatic nitrogens is 4. The summed E-state index contributed by atoms with van der Waals surface area (Å²) >= 11 is -0.517. The van der Waals surface area contributed by atoms with Gasteiger partial charge in [-0.25, -0.2) is 9.36 Å². The number of ketones is 2. The molecule has 2 radical (unpaired) electrons. The second-order valence-electron chi connectivity index (χ2n) is 10.1. The zero-order valence-corrected chi connectivity index (χ0v) is 28.4. The molecule has 0 amide bonds. The Kier molecular flexibility index (Phi) is 11.5. The van der Waals surface area contributed by atoms with E-state index in [4.69, 9.17) is 0 Å². The van der Waals surface area contributed by atoms with Crippen molar-refractivity contribution in [3.05, 3.63) is 165 Å². The number of hydrogen-bond acceptors (Lipinski definition) is 4. The first-order valence-electron chi connectivity index (χ1n) is 14.3. The molecule has 4 aromatic carbocycles. The van der Waals surface area contributed by atoms with E-state index in [1.807, 2.05) is 36.4 Å². The Morgan fingerprint density at radius 2 is 0.800 bits per heavy atom. The molecule has 0 atom stereocenters. The molecular formula is C36H34N4O4Sn. The van der Waals surface area contributed by atoms with Crippen LogP contribution in [0.2, 0.25) is 0 Å². The van der Waals surface area contributed by atoms with Gasteiger partial charge in [-0.3, -0.25) is 29.4 Å². The quantitative estimate of drug-likeness (QED) is 0.194. The number of carbonyl (C=O) groups is 2. The Bertz CT molecular complexity index is 1830. The number of benzene rings is 4. The van der Waals surface area contributed by atoms with Crippen molar-refractivity contribution in [2.75, 3.05) is 0 Å². The third-order valence-corrected chi connectivity index (χ3v) is 10.3. The molecule has 2 N–H and O–H groups in total. The van der Waals surface area contributed by atoms with Crippen LogP contribution in [0.15, 0.2) is 131 Å². The molecule has 6 rings (SSSR count). The summed E-state index contributed by atoms with van der Waals surface area (Å²) in [7, 11) is 0. The number of nitrogens with one attached hydrogen (secondary N) is 2. The molecule has 0 aliphatic heterocycles. The van der Waals surface area contributed by atoms with Gasteiger partial charge in [-0.2, -0.15) is 0 Å². The summed E-state index contributed by atoms with van der Waals surface area (Å²) in [5.41, 5.74) is 2.51. The van der Waals surface area contributed by atoms with Crippen molar-refractivity contribution in [1.82, 2.24) is 19.6 Å². The summed E-state index contributed by atoms with van der Waals surface area (Å²) in [5, 5.41) is 5.79. The molecule has 0 saturated carbocycles. The topological polar surface area (TPSA) is 110 Å². The molecule has 0 bridgehead atoms. The number of carbonyl (C=O) groups excluding carboxylic acids is 2. The van der Waals surface area contributed by atoms with Crippen LogP contribution in [0.4, 0.5) is 0 Å². The maximum absolute atomic E-state index is 11.9. The summed E-state index contributed by atoms with van der Waals surface area (Å²) < 4.78 is 5.84. The molecule has 45 heavy (non-hydrogen) atoms. The third kappa shape index (κ3) is 8.57. The maximum atomic E-state index is 11.9. The van der Waals surface area contributed by atoms with Crippen molar-refractivity contribution in [3.63, 3.8) is 0 Å². The van der Waals surface area contributed by atoms with Gasteiger partial charge < -0.3 is 0 Å². The first-order chi connectivity index (χ1) is 21.7. The molecule has 2 heterocycles. The predicted molar refractivity (Wildman–Crippen MR) is 180 cm³/mol. The Hall–Kier alpha value is -4.96. The minimum absolute atomic E-state index is 0.214. The van der Waals surface area contributed by atoms with E-state index < -0.39 is 21.1 Å². The minimum atomic E-state index is -0.517. The van der Waals surface area contributed by atoms with E-state index in [-0.39, 0.29) is 33.8 Å².